The third kappa shape index (κ3) is 2.28. The quantitative estimate of drug-likeness (QED) is 0.678. The van der Waals surface area contributed by atoms with Crippen molar-refractivity contribution in [3.8, 4) is 0 Å². The van der Waals surface area contributed by atoms with Crippen molar-refractivity contribution >= 4 is 23.4 Å². The summed E-state index contributed by atoms with van der Waals surface area (Å²) in [6.45, 7) is 0. The summed E-state index contributed by atoms with van der Waals surface area (Å²) in [7, 11) is 0. The molecule has 0 N–H and O–H groups in total. The summed E-state index contributed by atoms with van der Waals surface area (Å²) in [5.41, 5.74) is -0.920. The van der Waals surface area contributed by atoms with Crippen LogP contribution in [0.3, 0.4) is 0 Å². The van der Waals surface area contributed by atoms with E-state index in [-0.39, 0.29) is 10.0 Å². The van der Waals surface area contributed by atoms with Gasteiger partial charge in [0, 0.05) is 12.5 Å². The summed E-state index contributed by atoms with van der Waals surface area (Å²) in [5.74, 6) is 0. The van der Waals surface area contributed by atoms with Gasteiger partial charge < -0.3 is 0 Å². The smallest absolute Gasteiger partial charge is 0.249 e. The lowest BCUT2D eigenvalue weighted by molar-refractivity contribution is -0.140. The van der Waals surface area contributed by atoms with Crippen LogP contribution in [0.1, 0.15) is 5.56 Å². The number of hydrogen-bond donors (Lipinski definition) is 0. The molecule has 0 aliphatic rings. The van der Waals surface area contributed by atoms with Gasteiger partial charge in [-0.15, -0.1) is 11.8 Å². The topological polar surface area (TPSA) is 12.9 Å². The Kier molecular flexibility index (Phi) is 3.08. The van der Waals surface area contributed by atoms with E-state index >= 15 is 0 Å². The van der Waals surface area contributed by atoms with E-state index < -0.39 is 11.7 Å². The van der Waals surface area contributed by atoms with Crippen molar-refractivity contribution < 1.29 is 13.2 Å². The molecule has 1 radical (unpaired) electrons. The van der Waals surface area contributed by atoms with Crippen molar-refractivity contribution in [3.63, 3.8) is 0 Å². The minimum Gasteiger partial charge on any atom is -0.249 e. The Bertz CT molecular complexity index is 313. The molecule has 13 heavy (non-hydrogen) atoms. The number of alkyl halides is 3. The molecule has 0 fully saturated rings. The van der Waals surface area contributed by atoms with E-state index in [1.807, 2.05) is 0 Å². The fourth-order valence-corrected chi connectivity index (χ4v) is 1.60. The van der Waals surface area contributed by atoms with E-state index in [2.05, 4.69) is 11.2 Å². The molecule has 71 valence electrons. The van der Waals surface area contributed by atoms with Crippen LogP contribution in [0.25, 0.3) is 0 Å². The maximum atomic E-state index is 12.3. The average molecular weight is 227 g/mol. The highest BCUT2D eigenvalue weighted by atomic mass is 35.5. The Hall–Kier alpha value is -0.420. The summed E-state index contributed by atoms with van der Waals surface area (Å²) >= 11 is 6.06. The second kappa shape index (κ2) is 3.75. The molecule has 0 saturated carbocycles. The van der Waals surface area contributed by atoms with Crippen LogP contribution in [0.4, 0.5) is 13.2 Å². The highest BCUT2D eigenvalue weighted by molar-refractivity contribution is 8.00. The predicted octanol–water partition coefficient (Wildman–Crippen LogP) is 3.64. The zero-order valence-electron chi connectivity index (χ0n) is 6.23. The van der Waals surface area contributed by atoms with Gasteiger partial charge in [0.15, 0.2) is 0 Å². The minimum atomic E-state index is -4.48. The Morgan fingerprint density at radius 3 is 2.46 bits per heavy atom. The summed E-state index contributed by atoms with van der Waals surface area (Å²) in [5, 5.41) is -0.561. The third-order valence-electron chi connectivity index (χ3n) is 1.29. The first-order chi connectivity index (χ1) is 5.96. The second-order valence-corrected chi connectivity index (χ2v) is 3.20. The van der Waals surface area contributed by atoms with Gasteiger partial charge in [-0.1, -0.05) is 11.6 Å². The van der Waals surface area contributed by atoms with Gasteiger partial charge in [0.25, 0.3) is 0 Å². The zero-order valence-corrected chi connectivity index (χ0v) is 7.80. The number of halogens is 4. The molecule has 1 heterocycles. The van der Waals surface area contributed by atoms with E-state index in [1.54, 1.807) is 0 Å². The first-order valence-corrected chi connectivity index (χ1v) is 4.47. The van der Waals surface area contributed by atoms with Crippen LogP contribution < -0.4 is 0 Å². The van der Waals surface area contributed by atoms with Crippen LogP contribution >= 0.6 is 23.4 Å². The molecular weight excluding hydrogens is 223 g/mol. The first kappa shape index (κ1) is 10.7. The number of aromatic nitrogens is 1. The normalized spacial score (nSPS) is 11.8. The van der Waals surface area contributed by atoms with E-state index in [0.717, 1.165) is 6.07 Å². The zero-order chi connectivity index (χ0) is 10.1. The first-order valence-electron chi connectivity index (χ1n) is 3.10. The van der Waals surface area contributed by atoms with Crippen molar-refractivity contribution in [1.29, 1.82) is 0 Å². The van der Waals surface area contributed by atoms with E-state index in [1.165, 1.54) is 6.20 Å². The molecule has 6 heteroatoms. The molecule has 0 aliphatic carbocycles. The Labute approximate surface area is 82.3 Å². The summed E-state index contributed by atoms with van der Waals surface area (Å²) < 4.78 is 37.0. The largest absolute Gasteiger partial charge is 0.420 e. The Balaban J connectivity index is 3.32. The molecule has 0 saturated heterocycles. The van der Waals surface area contributed by atoms with Gasteiger partial charge in [-0.25, -0.2) is 4.98 Å². The maximum absolute atomic E-state index is 12.3. The lowest BCUT2D eigenvalue weighted by Crippen LogP contribution is -2.08. The average Bonchev–Trinajstić information content (AvgIpc) is 2.01. The number of pyridine rings is 1. The molecule has 1 aromatic rings. The van der Waals surface area contributed by atoms with Crippen LogP contribution in [-0.2, 0) is 6.18 Å². The number of hydrogen-bond acceptors (Lipinski definition) is 2. The molecule has 1 rings (SSSR count). The molecule has 1 aromatic heterocycles. The predicted molar refractivity (Wildman–Crippen MR) is 45.5 cm³/mol. The molecule has 1 nitrogen and oxygen atoms in total. The van der Waals surface area contributed by atoms with Crippen molar-refractivity contribution in [2.75, 3.05) is 0 Å². The SMILES string of the molecule is [CH2]Sc1nccc(Cl)c1C(F)(F)F. The van der Waals surface area contributed by atoms with E-state index in [9.17, 15) is 13.2 Å². The number of thioether (sulfide) groups is 1. The molecule has 0 unspecified atom stereocenters. The molecule has 0 spiro atoms. The Morgan fingerprint density at radius 1 is 1.46 bits per heavy atom. The molecule has 0 amide bonds. The van der Waals surface area contributed by atoms with Crippen LogP contribution in [0.15, 0.2) is 17.3 Å². The van der Waals surface area contributed by atoms with Crippen molar-refractivity contribution in [2.45, 2.75) is 11.2 Å². The Morgan fingerprint density at radius 2 is 2.08 bits per heavy atom. The van der Waals surface area contributed by atoms with Crippen LogP contribution in [0, 0.1) is 6.26 Å². The molecule has 0 aromatic carbocycles. The maximum Gasteiger partial charge on any atom is 0.420 e. The second-order valence-electron chi connectivity index (χ2n) is 2.12. The van der Waals surface area contributed by atoms with Gasteiger partial charge >= 0.3 is 6.18 Å². The standard InChI is InChI=1S/C7H4ClF3NS/c1-13-6-5(7(9,10)11)4(8)2-3-12-6/h2-3H,1H2. The minimum absolute atomic E-state index is 0.208. The fraction of sp³-hybridized carbons (Fsp3) is 0.143. The molecule has 0 bridgehead atoms. The summed E-state index contributed by atoms with van der Waals surface area (Å²) in [6, 6.07) is 1.10. The van der Waals surface area contributed by atoms with Gasteiger partial charge in [0.2, 0.25) is 0 Å². The van der Waals surface area contributed by atoms with Gasteiger partial charge in [-0.05, 0) is 6.07 Å². The van der Waals surface area contributed by atoms with Gasteiger partial charge in [-0.3, -0.25) is 0 Å². The van der Waals surface area contributed by atoms with Gasteiger partial charge in [0.05, 0.1) is 5.02 Å². The third-order valence-corrected chi connectivity index (χ3v) is 2.18. The number of rotatable bonds is 1. The summed E-state index contributed by atoms with van der Waals surface area (Å²) in [6.07, 6.45) is -0.000679. The van der Waals surface area contributed by atoms with Crippen molar-refractivity contribution in [3.05, 3.63) is 29.1 Å². The molecule has 0 atom stereocenters. The highest BCUT2D eigenvalue weighted by Gasteiger charge is 2.36. The van der Waals surface area contributed by atoms with Crippen LogP contribution in [-0.4, -0.2) is 4.98 Å². The van der Waals surface area contributed by atoms with E-state index in [4.69, 9.17) is 11.6 Å². The lowest BCUT2D eigenvalue weighted by atomic mass is 10.3. The van der Waals surface area contributed by atoms with Gasteiger partial charge in [0.1, 0.15) is 10.6 Å². The number of nitrogens with zero attached hydrogens (tertiary/aromatic N) is 1. The van der Waals surface area contributed by atoms with Crippen LogP contribution in [0.2, 0.25) is 5.02 Å². The molecular formula is C7H4ClF3NS. The van der Waals surface area contributed by atoms with E-state index in [0.29, 0.717) is 11.8 Å². The van der Waals surface area contributed by atoms with Gasteiger partial charge in [-0.2, -0.15) is 13.2 Å². The summed E-state index contributed by atoms with van der Waals surface area (Å²) in [4.78, 5) is 3.52. The lowest BCUT2D eigenvalue weighted by Gasteiger charge is -2.11. The fourth-order valence-electron chi connectivity index (χ4n) is 0.787. The monoisotopic (exact) mass is 226 g/mol. The van der Waals surface area contributed by atoms with Crippen molar-refractivity contribution in [1.82, 2.24) is 4.98 Å². The molecule has 0 aliphatic heterocycles. The highest BCUT2D eigenvalue weighted by Crippen LogP contribution is 2.39. The van der Waals surface area contributed by atoms with Crippen molar-refractivity contribution in [2.24, 2.45) is 0 Å². The van der Waals surface area contributed by atoms with Crippen LogP contribution in [0.5, 0.6) is 0 Å².